The highest BCUT2D eigenvalue weighted by atomic mass is 35.5. The third kappa shape index (κ3) is 9.44. The monoisotopic (exact) mass is 327 g/mol. The van der Waals surface area contributed by atoms with Crippen LogP contribution >= 0.6 is 23.4 Å². The zero-order valence-electron chi connectivity index (χ0n) is 13.5. The van der Waals surface area contributed by atoms with Crippen molar-refractivity contribution in [3.05, 3.63) is 29.3 Å². The maximum Gasteiger partial charge on any atom is 0.0417 e. The van der Waals surface area contributed by atoms with E-state index in [-0.39, 0.29) is 0 Å². The Labute approximate surface area is 140 Å². The first-order valence-electron chi connectivity index (χ1n) is 8.32. The maximum absolute atomic E-state index is 6.02. The summed E-state index contributed by atoms with van der Waals surface area (Å²) in [5.41, 5.74) is 0. The summed E-state index contributed by atoms with van der Waals surface area (Å²) in [4.78, 5) is 1.27. The van der Waals surface area contributed by atoms with Gasteiger partial charge in [0.25, 0.3) is 0 Å². The summed E-state index contributed by atoms with van der Waals surface area (Å²) in [7, 11) is 2.07. The van der Waals surface area contributed by atoms with Crippen LogP contribution < -0.4 is 5.32 Å². The van der Waals surface area contributed by atoms with Gasteiger partial charge in [-0.15, -0.1) is 11.8 Å². The summed E-state index contributed by atoms with van der Waals surface area (Å²) in [6.07, 6.45) is 11.0. The molecule has 21 heavy (non-hydrogen) atoms. The highest BCUT2D eigenvalue weighted by molar-refractivity contribution is 7.99. The lowest BCUT2D eigenvalue weighted by Crippen LogP contribution is -2.27. The van der Waals surface area contributed by atoms with Crippen molar-refractivity contribution < 1.29 is 0 Å². The molecule has 1 atom stereocenters. The molecule has 0 bridgehead atoms. The Bertz CT molecular complexity index is 370. The summed E-state index contributed by atoms with van der Waals surface area (Å²) in [6.45, 7) is 2.27. The number of hydrogen-bond donors (Lipinski definition) is 1. The topological polar surface area (TPSA) is 12.0 Å². The van der Waals surface area contributed by atoms with E-state index in [0.29, 0.717) is 6.04 Å². The third-order valence-corrected chi connectivity index (χ3v) is 5.20. The predicted molar refractivity (Wildman–Crippen MR) is 97.6 cm³/mol. The third-order valence-electron chi connectivity index (χ3n) is 3.81. The zero-order chi connectivity index (χ0) is 15.3. The van der Waals surface area contributed by atoms with Gasteiger partial charge in [0.05, 0.1) is 0 Å². The smallest absolute Gasteiger partial charge is 0.0417 e. The Morgan fingerprint density at radius 3 is 2.48 bits per heavy atom. The molecule has 3 heteroatoms. The quantitative estimate of drug-likeness (QED) is 0.364. The molecule has 0 fully saturated rings. The molecule has 0 saturated heterocycles. The van der Waals surface area contributed by atoms with Crippen LogP contribution in [0.5, 0.6) is 0 Å². The summed E-state index contributed by atoms with van der Waals surface area (Å²) in [6, 6.07) is 8.74. The molecular formula is C18H30ClNS. The van der Waals surface area contributed by atoms with Crippen molar-refractivity contribution >= 4 is 23.4 Å². The van der Waals surface area contributed by atoms with E-state index >= 15 is 0 Å². The van der Waals surface area contributed by atoms with Crippen molar-refractivity contribution in [1.29, 1.82) is 0 Å². The Hall–Kier alpha value is -0.180. The molecular weight excluding hydrogens is 298 g/mol. The number of unbranched alkanes of at least 4 members (excludes halogenated alkanes) is 6. The summed E-state index contributed by atoms with van der Waals surface area (Å²) < 4.78 is 0. The van der Waals surface area contributed by atoms with Crippen LogP contribution in [0.2, 0.25) is 5.02 Å². The van der Waals surface area contributed by atoms with Crippen molar-refractivity contribution in [3.63, 3.8) is 0 Å². The van der Waals surface area contributed by atoms with E-state index in [2.05, 4.69) is 25.4 Å². The predicted octanol–water partition coefficient (Wildman–Crippen LogP) is 6.16. The number of nitrogens with one attached hydrogen (secondary N) is 1. The Balaban J connectivity index is 2.11. The molecule has 0 aliphatic heterocycles. The minimum Gasteiger partial charge on any atom is -0.316 e. The van der Waals surface area contributed by atoms with E-state index in [1.807, 2.05) is 30.0 Å². The van der Waals surface area contributed by atoms with Gasteiger partial charge in [-0.2, -0.15) is 0 Å². The largest absolute Gasteiger partial charge is 0.316 e. The normalized spacial score (nSPS) is 12.5. The van der Waals surface area contributed by atoms with Gasteiger partial charge in [0.1, 0.15) is 0 Å². The SMILES string of the molecule is CCCCCCCCCC(CSc1cccc(Cl)c1)NC. The van der Waals surface area contributed by atoms with Gasteiger partial charge in [-0.05, 0) is 31.7 Å². The molecule has 0 radical (unpaired) electrons. The molecule has 0 aliphatic carbocycles. The van der Waals surface area contributed by atoms with Gasteiger partial charge in [0.15, 0.2) is 0 Å². The van der Waals surface area contributed by atoms with Gasteiger partial charge in [-0.25, -0.2) is 0 Å². The van der Waals surface area contributed by atoms with Gasteiger partial charge in [-0.3, -0.25) is 0 Å². The number of halogens is 1. The van der Waals surface area contributed by atoms with E-state index in [1.165, 1.54) is 56.3 Å². The lowest BCUT2D eigenvalue weighted by atomic mass is 10.1. The summed E-state index contributed by atoms with van der Waals surface area (Å²) in [5, 5.41) is 4.27. The zero-order valence-corrected chi connectivity index (χ0v) is 15.1. The molecule has 1 aromatic rings. The molecule has 0 spiro atoms. The van der Waals surface area contributed by atoms with Gasteiger partial charge in [0, 0.05) is 21.7 Å². The van der Waals surface area contributed by atoms with Gasteiger partial charge in [0.2, 0.25) is 0 Å². The minimum absolute atomic E-state index is 0.602. The average molecular weight is 328 g/mol. The second-order valence-corrected chi connectivity index (χ2v) is 7.19. The van der Waals surface area contributed by atoms with Crippen molar-refractivity contribution in [2.45, 2.75) is 69.2 Å². The van der Waals surface area contributed by atoms with E-state index in [9.17, 15) is 0 Å². The van der Waals surface area contributed by atoms with E-state index in [1.54, 1.807) is 0 Å². The fourth-order valence-electron chi connectivity index (χ4n) is 2.41. The number of hydrogen-bond acceptors (Lipinski definition) is 2. The van der Waals surface area contributed by atoms with Crippen LogP contribution in [-0.4, -0.2) is 18.8 Å². The molecule has 1 unspecified atom stereocenters. The molecule has 0 amide bonds. The Morgan fingerprint density at radius 1 is 1.10 bits per heavy atom. The fourth-order valence-corrected chi connectivity index (χ4v) is 3.78. The standard InChI is InChI=1S/C18H30ClNS/c1-3-4-5-6-7-8-9-12-17(20-2)15-21-18-13-10-11-16(19)14-18/h10-11,13-14,17,20H,3-9,12,15H2,1-2H3. The molecule has 0 aromatic heterocycles. The van der Waals surface area contributed by atoms with E-state index < -0.39 is 0 Å². The summed E-state index contributed by atoms with van der Waals surface area (Å²) in [5.74, 6) is 1.12. The molecule has 1 nitrogen and oxygen atoms in total. The number of thioether (sulfide) groups is 1. The van der Waals surface area contributed by atoms with Crippen molar-refractivity contribution in [3.8, 4) is 0 Å². The van der Waals surface area contributed by atoms with Gasteiger partial charge >= 0.3 is 0 Å². The molecule has 1 aromatic carbocycles. The molecule has 120 valence electrons. The number of rotatable bonds is 12. The highest BCUT2D eigenvalue weighted by Gasteiger charge is 2.07. The van der Waals surface area contributed by atoms with Crippen LogP contribution in [0, 0.1) is 0 Å². The second kappa shape index (κ2) is 12.4. The molecule has 0 heterocycles. The summed E-state index contributed by atoms with van der Waals surface area (Å²) >= 11 is 7.91. The lowest BCUT2D eigenvalue weighted by Gasteiger charge is -2.15. The van der Waals surface area contributed by atoms with Crippen LogP contribution in [0.1, 0.15) is 58.3 Å². The second-order valence-electron chi connectivity index (χ2n) is 5.66. The van der Waals surface area contributed by atoms with Crippen molar-refractivity contribution in [2.24, 2.45) is 0 Å². The van der Waals surface area contributed by atoms with Crippen molar-refractivity contribution in [1.82, 2.24) is 5.32 Å². The first-order chi connectivity index (χ1) is 10.3. The first kappa shape index (κ1) is 18.9. The Morgan fingerprint density at radius 2 is 1.81 bits per heavy atom. The Kier molecular flexibility index (Phi) is 11.1. The minimum atomic E-state index is 0.602. The van der Waals surface area contributed by atoms with Crippen molar-refractivity contribution in [2.75, 3.05) is 12.8 Å². The average Bonchev–Trinajstić information content (AvgIpc) is 2.49. The van der Waals surface area contributed by atoms with Crippen LogP contribution in [0.3, 0.4) is 0 Å². The number of benzene rings is 1. The van der Waals surface area contributed by atoms with Gasteiger partial charge in [-0.1, -0.05) is 69.5 Å². The maximum atomic E-state index is 6.02. The first-order valence-corrected chi connectivity index (χ1v) is 9.68. The molecule has 0 saturated carbocycles. The van der Waals surface area contributed by atoms with E-state index in [0.717, 1.165) is 10.8 Å². The van der Waals surface area contributed by atoms with Crippen LogP contribution in [0.4, 0.5) is 0 Å². The highest BCUT2D eigenvalue weighted by Crippen LogP contribution is 2.23. The molecule has 1 rings (SSSR count). The van der Waals surface area contributed by atoms with E-state index in [4.69, 9.17) is 11.6 Å². The lowest BCUT2D eigenvalue weighted by molar-refractivity contribution is 0.511. The molecule has 0 aliphatic rings. The van der Waals surface area contributed by atoms with Gasteiger partial charge < -0.3 is 5.32 Å². The fraction of sp³-hybridized carbons (Fsp3) is 0.667. The van der Waals surface area contributed by atoms with Crippen LogP contribution in [0.25, 0.3) is 0 Å². The molecule has 1 N–H and O–H groups in total. The van der Waals surface area contributed by atoms with Crippen LogP contribution in [-0.2, 0) is 0 Å². The van der Waals surface area contributed by atoms with Crippen LogP contribution in [0.15, 0.2) is 29.2 Å².